The zero-order chi connectivity index (χ0) is 35.6. The molecule has 0 aliphatic heterocycles. The summed E-state index contributed by atoms with van der Waals surface area (Å²) in [6.07, 6.45) is 0. The van der Waals surface area contributed by atoms with E-state index in [1.54, 1.807) is 0 Å². The van der Waals surface area contributed by atoms with Crippen LogP contribution in [0.4, 0.5) is 0 Å². The van der Waals surface area contributed by atoms with Crippen molar-refractivity contribution in [1.29, 1.82) is 0 Å². The van der Waals surface area contributed by atoms with Crippen LogP contribution in [-0.2, 0) is 5.41 Å². The summed E-state index contributed by atoms with van der Waals surface area (Å²) in [4.78, 5) is 10.7. The molecule has 0 fully saturated rings. The minimum atomic E-state index is -0.494. The summed E-state index contributed by atoms with van der Waals surface area (Å²) in [6.45, 7) is 0. The monoisotopic (exact) mass is 704 g/mol. The lowest BCUT2D eigenvalue weighted by atomic mass is 9.67. The molecular weight excluding hydrogens is 673 g/mol. The highest BCUT2D eigenvalue weighted by Crippen LogP contribution is 2.56. The fraction of sp³-hybridized carbons (Fsp3) is 0.0196. The van der Waals surface area contributed by atoms with E-state index >= 15 is 0 Å². The first kappa shape index (κ1) is 30.9. The molecule has 0 atom stereocenters. The van der Waals surface area contributed by atoms with E-state index in [9.17, 15) is 0 Å². The molecule has 0 amide bonds. The Morgan fingerprint density at radius 3 is 1.76 bits per heavy atom. The molecule has 3 heteroatoms. The number of hydrogen-bond acceptors (Lipinski definition) is 3. The largest absolute Gasteiger partial charge is 0.228 e. The number of nitrogens with zero attached hydrogens (tertiary/aromatic N) is 2. The standard InChI is InChI=1S/C51H32N2S/c1-3-15-38(16-4-1)51(39-17-5-2-6-18-39)44-21-11-9-19-40(44)41-27-25-36(31-45(41)51)47-32-46(35-26-28-49-43(30-35)42-20-10-12-22-48(42)54-49)52-50(53-47)37-24-23-33-13-7-8-14-34(33)29-37/h1-32H. The Morgan fingerprint density at radius 1 is 0.370 bits per heavy atom. The molecule has 0 radical (unpaired) electrons. The Balaban J connectivity index is 1.16. The molecule has 11 rings (SSSR count). The highest BCUT2D eigenvalue weighted by atomic mass is 32.1. The van der Waals surface area contributed by atoms with E-state index in [-0.39, 0.29) is 0 Å². The Kier molecular flexibility index (Phi) is 6.98. The van der Waals surface area contributed by atoms with Crippen LogP contribution in [-0.4, -0.2) is 9.97 Å². The van der Waals surface area contributed by atoms with Gasteiger partial charge in [-0.15, -0.1) is 11.3 Å². The third kappa shape index (κ3) is 4.72. The minimum absolute atomic E-state index is 0.494. The number of aromatic nitrogens is 2. The van der Waals surface area contributed by atoms with Crippen LogP contribution in [0.5, 0.6) is 0 Å². The van der Waals surface area contributed by atoms with Crippen LogP contribution in [0.1, 0.15) is 22.3 Å². The maximum Gasteiger partial charge on any atom is 0.160 e. The average Bonchev–Trinajstić information content (AvgIpc) is 3.77. The number of benzene rings is 8. The molecule has 0 unspecified atom stereocenters. The third-order valence-electron chi connectivity index (χ3n) is 11.2. The zero-order valence-corrected chi connectivity index (χ0v) is 30.1. The van der Waals surface area contributed by atoms with E-state index in [1.165, 1.54) is 64.3 Å². The fourth-order valence-electron chi connectivity index (χ4n) is 8.69. The first-order valence-electron chi connectivity index (χ1n) is 18.4. The average molecular weight is 705 g/mol. The van der Waals surface area contributed by atoms with Gasteiger partial charge in [-0.05, 0) is 80.6 Å². The highest BCUT2D eigenvalue weighted by Gasteiger charge is 2.46. The summed E-state index contributed by atoms with van der Waals surface area (Å²) in [5, 5.41) is 4.90. The zero-order valence-electron chi connectivity index (χ0n) is 29.3. The lowest BCUT2D eigenvalue weighted by Gasteiger charge is -2.34. The number of fused-ring (bicyclic) bond motifs is 7. The van der Waals surface area contributed by atoms with E-state index in [0.29, 0.717) is 5.82 Å². The molecule has 0 saturated heterocycles. The normalized spacial score (nSPS) is 13.0. The number of rotatable bonds is 5. The van der Waals surface area contributed by atoms with Crippen molar-refractivity contribution >= 4 is 42.3 Å². The Hall–Kier alpha value is -6.68. The van der Waals surface area contributed by atoms with Gasteiger partial charge in [-0.3, -0.25) is 0 Å². The summed E-state index contributed by atoms with van der Waals surface area (Å²) < 4.78 is 2.57. The lowest BCUT2D eigenvalue weighted by molar-refractivity contribution is 0.768. The van der Waals surface area contributed by atoms with E-state index in [2.05, 4.69) is 194 Å². The Bertz CT molecular complexity index is 3010. The van der Waals surface area contributed by atoms with Crippen LogP contribution in [0.15, 0.2) is 194 Å². The maximum atomic E-state index is 5.37. The molecule has 1 aliphatic rings. The molecule has 0 spiro atoms. The Morgan fingerprint density at radius 2 is 0.963 bits per heavy atom. The molecular formula is C51H32N2S. The van der Waals surface area contributed by atoms with Crippen molar-refractivity contribution in [2.45, 2.75) is 5.41 Å². The summed E-state index contributed by atoms with van der Waals surface area (Å²) >= 11 is 1.84. The minimum Gasteiger partial charge on any atom is -0.228 e. The van der Waals surface area contributed by atoms with Crippen molar-refractivity contribution in [3.63, 3.8) is 0 Å². The van der Waals surface area contributed by atoms with E-state index in [0.717, 1.165) is 28.1 Å². The summed E-state index contributed by atoms with van der Waals surface area (Å²) in [5.41, 5.74) is 12.0. The first-order valence-corrected chi connectivity index (χ1v) is 19.2. The molecule has 10 aromatic rings. The molecule has 2 nitrogen and oxygen atoms in total. The van der Waals surface area contributed by atoms with Crippen molar-refractivity contribution < 1.29 is 0 Å². The second-order valence-electron chi connectivity index (χ2n) is 14.1. The van der Waals surface area contributed by atoms with Crippen molar-refractivity contribution in [1.82, 2.24) is 9.97 Å². The van der Waals surface area contributed by atoms with Crippen molar-refractivity contribution in [2.24, 2.45) is 0 Å². The summed E-state index contributed by atoms with van der Waals surface area (Å²) in [5.74, 6) is 0.713. The van der Waals surface area contributed by atoms with Crippen molar-refractivity contribution in [3.8, 4) is 45.0 Å². The van der Waals surface area contributed by atoms with Crippen molar-refractivity contribution in [2.75, 3.05) is 0 Å². The molecule has 8 aromatic carbocycles. The molecule has 2 aromatic heterocycles. The maximum absolute atomic E-state index is 5.37. The molecule has 2 heterocycles. The van der Waals surface area contributed by atoms with Crippen LogP contribution < -0.4 is 0 Å². The van der Waals surface area contributed by atoms with Crippen molar-refractivity contribution in [3.05, 3.63) is 216 Å². The van der Waals surface area contributed by atoms with Crippen LogP contribution in [0.25, 0.3) is 76.0 Å². The molecule has 0 saturated carbocycles. The van der Waals surface area contributed by atoms with Gasteiger partial charge < -0.3 is 0 Å². The van der Waals surface area contributed by atoms with Gasteiger partial charge in [-0.1, -0.05) is 158 Å². The fourth-order valence-corrected chi connectivity index (χ4v) is 9.78. The van der Waals surface area contributed by atoms with Gasteiger partial charge in [0.25, 0.3) is 0 Å². The van der Waals surface area contributed by atoms with Crippen LogP contribution in [0, 0.1) is 0 Å². The van der Waals surface area contributed by atoms with Gasteiger partial charge in [0, 0.05) is 36.9 Å². The number of hydrogen-bond donors (Lipinski definition) is 0. The highest BCUT2D eigenvalue weighted by molar-refractivity contribution is 7.25. The second kappa shape index (κ2) is 12.2. The predicted molar refractivity (Wildman–Crippen MR) is 226 cm³/mol. The summed E-state index contributed by atoms with van der Waals surface area (Å²) in [6, 6.07) is 70.4. The van der Waals surface area contributed by atoms with Gasteiger partial charge >= 0.3 is 0 Å². The third-order valence-corrected chi connectivity index (χ3v) is 12.3. The Labute approximate surface area is 317 Å². The van der Waals surface area contributed by atoms with Crippen LogP contribution in [0.2, 0.25) is 0 Å². The van der Waals surface area contributed by atoms with Gasteiger partial charge in [0.05, 0.1) is 16.8 Å². The topological polar surface area (TPSA) is 25.8 Å². The quantitative estimate of drug-likeness (QED) is 0.178. The summed E-state index contributed by atoms with van der Waals surface area (Å²) in [7, 11) is 0. The van der Waals surface area contributed by atoms with Gasteiger partial charge in [0.1, 0.15) is 0 Å². The molecule has 1 aliphatic carbocycles. The number of thiophene rings is 1. The van der Waals surface area contributed by atoms with Gasteiger partial charge in [-0.25, -0.2) is 9.97 Å². The van der Waals surface area contributed by atoms with Gasteiger partial charge in [0.15, 0.2) is 5.82 Å². The second-order valence-corrected chi connectivity index (χ2v) is 15.2. The van der Waals surface area contributed by atoms with Gasteiger partial charge in [0.2, 0.25) is 0 Å². The molecule has 0 bridgehead atoms. The van der Waals surface area contributed by atoms with E-state index < -0.39 is 5.41 Å². The van der Waals surface area contributed by atoms with Gasteiger partial charge in [-0.2, -0.15) is 0 Å². The molecule has 0 N–H and O–H groups in total. The lowest BCUT2D eigenvalue weighted by Crippen LogP contribution is -2.28. The predicted octanol–water partition coefficient (Wildman–Crippen LogP) is 13.4. The first-order chi connectivity index (χ1) is 26.7. The van der Waals surface area contributed by atoms with Crippen LogP contribution in [0.3, 0.4) is 0 Å². The SMILES string of the molecule is c1ccc(C2(c3ccccc3)c3ccccc3-c3ccc(-c4cc(-c5ccc6sc7ccccc7c6c5)nc(-c5ccc6ccccc6c5)n4)cc32)cc1. The van der Waals surface area contributed by atoms with E-state index in [1.807, 2.05) is 11.3 Å². The molecule has 252 valence electrons. The molecule has 54 heavy (non-hydrogen) atoms. The van der Waals surface area contributed by atoms with E-state index in [4.69, 9.17) is 9.97 Å². The van der Waals surface area contributed by atoms with Crippen LogP contribution >= 0.6 is 11.3 Å². The smallest absolute Gasteiger partial charge is 0.160 e.